The number of hydrogen-bond acceptors (Lipinski definition) is 4. The van der Waals surface area contributed by atoms with E-state index >= 15 is 0 Å². The minimum Gasteiger partial charge on any atom is -0.267 e. The van der Waals surface area contributed by atoms with Gasteiger partial charge in [-0.3, -0.25) is 5.84 Å². The van der Waals surface area contributed by atoms with Crippen LogP contribution in [-0.2, 0) is 0 Å². The van der Waals surface area contributed by atoms with Gasteiger partial charge in [0.1, 0.15) is 0 Å². The monoisotopic (exact) mass is 128 g/mol. The van der Waals surface area contributed by atoms with E-state index in [1.54, 1.807) is 0 Å². The Hall–Kier alpha value is 1.05. The average Bonchev–Trinajstić information content (AvgIpc) is 1.38. The molecule has 0 bridgehead atoms. The summed E-state index contributed by atoms with van der Waals surface area (Å²) in [5, 5.41) is 2.32. The number of hydrazine groups is 1. The molecule has 0 aromatic heterocycles. The summed E-state index contributed by atoms with van der Waals surface area (Å²) in [4.78, 5) is 0. The molecule has 0 aromatic rings. The molecule has 0 aromatic carbocycles. The Balaban J connectivity index is 2.54. The molecule has 0 saturated heterocycles. The maximum Gasteiger partial charge on any atom is 0.0921 e. The first-order valence-electron chi connectivity index (χ1n) is 0.912. The Kier molecular flexibility index (Phi) is 3.93. The fraction of sp³-hybridized carbons (Fsp3) is 0. The minimum atomic E-state index is -0.682. The van der Waals surface area contributed by atoms with Crippen LogP contribution in [0, 0.1) is 0 Å². The van der Waals surface area contributed by atoms with Crippen molar-refractivity contribution in [2.75, 3.05) is 0 Å². The molecule has 0 unspecified atom stereocenters. The summed E-state index contributed by atoms with van der Waals surface area (Å²) in [6.07, 6.45) is 0. The average molecular weight is 128 g/mol. The zero-order valence-electron chi connectivity index (χ0n) is 2.42. The lowest BCUT2D eigenvalue weighted by Crippen LogP contribution is -2.09. The van der Waals surface area contributed by atoms with E-state index in [-0.39, 0.29) is 0 Å². The van der Waals surface area contributed by atoms with Gasteiger partial charge in [0, 0.05) is 0 Å². The van der Waals surface area contributed by atoms with Crippen LogP contribution >= 0.6 is 31.0 Å². The predicted octanol–water partition coefficient (Wildman–Crippen LogP) is 0.536. The van der Waals surface area contributed by atoms with Crippen LogP contribution in [0.25, 0.3) is 0 Å². The van der Waals surface area contributed by atoms with Gasteiger partial charge in [-0.1, -0.05) is 0 Å². The lowest BCUT2D eigenvalue weighted by molar-refractivity contribution is 1.12. The first-order valence-corrected chi connectivity index (χ1v) is 4.56. The highest BCUT2D eigenvalue weighted by atomic mass is 33.1. The molecular weight excluding hydrogens is 123 g/mol. The van der Waals surface area contributed by atoms with Gasteiger partial charge in [-0.15, -0.1) is 24.5 Å². The molecular formula is H5N2PS2. The van der Waals surface area contributed by atoms with Crippen LogP contribution < -0.4 is 11.0 Å². The number of nitrogens with one attached hydrogen (secondary N) is 1. The minimum absolute atomic E-state index is 0.682. The normalized spacial score (nSPS) is 9.60. The van der Waals surface area contributed by atoms with Crippen molar-refractivity contribution < 1.29 is 0 Å². The molecule has 0 amide bonds. The van der Waals surface area contributed by atoms with Crippen molar-refractivity contribution in [3.05, 3.63) is 0 Å². The van der Waals surface area contributed by atoms with Crippen LogP contribution in [0.1, 0.15) is 0 Å². The summed E-state index contributed by atoms with van der Waals surface area (Å²) in [5.74, 6) is 4.80. The summed E-state index contributed by atoms with van der Waals surface area (Å²) >= 11 is 7.58. The molecule has 32 valence electrons. The number of nitrogens with two attached hydrogens (primary N) is 1. The van der Waals surface area contributed by atoms with E-state index in [2.05, 4.69) is 29.7 Å². The van der Waals surface area contributed by atoms with Gasteiger partial charge in [0.2, 0.25) is 0 Å². The Bertz CT molecular complexity index is 21.6. The first kappa shape index (κ1) is 6.05. The Labute approximate surface area is 42.6 Å². The third kappa shape index (κ3) is 5.05. The van der Waals surface area contributed by atoms with Gasteiger partial charge in [0.15, 0.2) is 0 Å². The third-order valence-corrected chi connectivity index (χ3v) is 1.04. The molecule has 0 radical (unpaired) electrons. The number of rotatable bonds is 1. The molecule has 0 heterocycles. The summed E-state index contributed by atoms with van der Waals surface area (Å²) in [7, 11) is 0. The first-order chi connectivity index (χ1) is 2.27. The number of thiol groups is 2. The molecule has 0 rings (SSSR count). The molecule has 0 fully saturated rings. The lowest BCUT2D eigenvalue weighted by Gasteiger charge is -1.92. The van der Waals surface area contributed by atoms with E-state index < -0.39 is 6.48 Å². The fourth-order valence-electron chi connectivity index (χ4n) is 0. The van der Waals surface area contributed by atoms with Crippen LogP contribution in [0.5, 0.6) is 0 Å². The maximum absolute atomic E-state index is 4.80. The van der Waals surface area contributed by atoms with Crippen molar-refractivity contribution >= 4 is 31.0 Å². The van der Waals surface area contributed by atoms with Gasteiger partial charge in [-0.2, -0.15) is 0 Å². The molecule has 5 heteroatoms. The van der Waals surface area contributed by atoms with Gasteiger partial charge in [0.05, 0.1) is 6.48 Å². The lowest BCUT2D eigenvalue weighted by atomic mass is 13.0. The van der Waals surface area contributed by atoms with Gasteiger partial charge in [-0.25, -0.2) is 5.20 Å². The molecule has 2 nitrogen and oxygen atoms in total. The molecule has 0 atom stereocenters. The van der Waals surface area contributed by atoms with Gasteiger partial charge in [0.25, 0.3) is 0 Å². The standard InChI is InChI=1S/H5N2PS2/c1-2-3(4)5/h2,4-5H,1H2. The predicted molar refractivity (Wildman–Crippen MR) is 32.2 cm³/mol. The highest BCUT2D eigenvalue weighted by Crippen LogP contribution is 2.38. The van der Waals surface area contributed by atoms with E-state index in [1.807, 2.05) is 0 Å². The van der Waals surface area contributed by atoms with E-state index in [0.717, 1.165) is 0 Å². The fourth-order valence-corrected chi connectivity index (χ4v) is 0. The topological polar surface area (TPSA) is 38.0 Å². The van der Waals surface area contributed by atoms with Crippen molar-refractivity contribution in [2.45, 2.75) is 0 Å². The van der Waals surface area contributed by atoms with Crippen LogP contribution in [0.2, 0.25) is 0 Å². The van der Waals surface area contributed by atoms with E-state index in [4.69, 9.17) is 5.84 Å². The number of hydrogen-bond donors (Lipinski definition) is 4. The van der Waals surface area contributed by atoms with Gasteiger partial charge >= 0.3 is 0 Å². The van der Waals surface area contributed by atoms with E-state index in [9.17, 15) is 0 Å². The van der Waals surface area contributed by atoms with Crippen LogP contribution in [-0.4, -0.2) is 0 Å². The van der Waals surface area contributed by atoms with Crippen molar-refractivity contribution in [3.8, 4) is 0 Å². The van der Waals surface area contributed by atoms with Crippen LogP contribution in [0.15, 0.2) is 0 Å². The van der Waals surface area contributed by atoms with Gasteiger partial charge < -0.3 is 0 Å². The van der Waals surface area contributed by atoms with Crippen molar-refractivity contribution in [1.29, 1.82) is 0 Å². The van der Waals surface area contributed by atoms with E-state index in [0.29, 0.717) is 0 Å². The largest absolute Gasteiger partial charge is 0.267 e. The zero-order valence-corrected chi connectivity index (χ0v) is 5.10. The quantitative estimate of drug-likeness (QED) is 0.180. The van der Waals surface area contributed by atoms with Crippen LogP contribution in [0.3, 0.4) is 0 Å². The molecule has 0 aliphatic rings. The molecule has 0 saturated carbocycles. The molecule has 0 spiro atoms. The van der Waals surface area contributed by atoms with Crippen molar-refractivity contribution in [2.24, 2.45) is 5.84 Å². The van der Waals surface area contributed by atoms with Crippen LogP contribution in [0.4, 0.5) is 0 Å². The molecule has 3 N–H and O–H groups in total. The molecule has 0 aliphatic heterocycles. The SMILES string of the molecule is NNP(S)S. The second kappa shape index (κ2) is 3.25. The van der Waals surface area contributed by atoms with Gasteiger partial charge in [-0.05, 0) is 0 Å². The molecule has 0 aliphatic carbocycles. The highest BCUT2D eigenvalue weighted by molar-refractivity contribution is 8.77. The Morgan fingerprint density at radius 1 is 1.60 bits per heavy atom. The van der Waals surface area contributed by atoms with E-state index in [1.165, 1.54) is 0 Å². The third-order valence-electron chi connectivity index (χ3n) is 0.115. The summed E-state index contributed by atoms with van der Waals surface area (Å²) in [6, 6.07) is 0. The Morgan fingerprint density at radius 2 is 1.80 bits per heavy atom. The maximum atomic E-state index is 4.80. The highest BCUT2D eigenvalue weighted by Gasteiger charge is 1.79. The summed E-state index contributed by atoms with van der Waals surface area (Å²) < 4.78 is 0. The smallest absolute Gasteiger partial charge is 0.0921 e. The summed E-state index contributed by atoms with van der Waals surface area (Å²) in [5.41, 5.74) is 0. The second-order valence-electron chi connectivity index (χ2n) is 0.419. The summed E-state index contributed by atoms with van der Waals surface area (Å²) in [6.45, 7) is -0.682. The Morgan fingerprint density at radius 3 is 1.80 bits per heavy atom. The second-order valence-corrected chi connectivity index (χ2v) is 4.60. The van der Waals surface area contributed by atoms with Crippen molar-refractivity contribution in [1.82, 2.24) is 5.20 Å². The molecule has 5 heavy (non-hydrogen) atoms. The van der Waals surface area contributed by atoms with Crippen molar-refractivity contribution in [3.63, 3.8) is 0 Å². The zero-order chi connectivity index (χ0) is 4.28.